The third kappa shape index (κ3) is 4.47. The number of guanidine groups is 1. The van der Waals surface area contributed by atoms with Crippen LogP contribution in [0.25, 0.3) is 0 Å². The zero-order chi connectivity index (χ0) is 19.2. The van der Waals surface area contributed by atoms with E-state index in [-0.39, 0.29) is 0 Å². The average molecular weight is 383 g/mol. The molecular formula is C21H29N5O2. The summed E-state index contributed by atoms with van der Waals surface area (Å²) in [6, 6.07) is 10.3. The molecular weight excluding hydrogens is 354 g/mol. The standard InChI is InChI=1S/C21H29N5O2/c1-2-22-21(23-15-17-7-13-27-20-6-4-3-5-19(17)20)26-11-9-25(10-12-26)16-18-8-14-28-24-18/h3-6,8,14,17H,2,7,9-13,15-16H2,1H3,(H,22,23). The molecule has 1 saturated heterocycles. The van der Waals surface area contributed by atoms with Gasteiger partial charge in [0.05, 0.1) is 12.3 Å². The fraction of sp³-hybridized carbons (Fsp3) is 0.524. The van der Waals surface area contributed by atoms with Crippen LogP contribution in [-0.4, -0.2) is 66.8 Å². The van der Waals surface area contributed by atoms with Gasteiger partial charge in [-0.2, -0.15) is 0 Å². The lowest BCUT2D eigenvalue weighted by atomic mass is 9.93. The molecule has 7 heteroatoms. The van der Waals surface area contributed by atoms with Crippen molar-refractivity contribution in [2.45, 2.75) is 25.8 Å². The first-order valence-corrected chi connectivity index (χ1v) is 10.2. The number of para-hydroxylation sites is 1. The fourth-order valence-electron chi connectivity index (χ4n) is 3.89. The normalized spacial score (nSPS) is 20.5. The second kappa shape index (κ2) is 9.10. The van der Waals surface area contributed by atoms with Gasteiger partial charge in [0.2, 0.25) is 0 Å². The highest BCUT2D eigenvalue weighted by molar-refractivity contribution is 5.80. The summed E-state index contributed by atoms with van der Waals surface area (Å²) in [5, 5.41) is 7.49. The molecule has 0 saturated carbocycles. The molecule has 1 unspecified atom stereocenters. The second-order valence-corrected chi connectivity index (χ2v) is 7.32. The Morgan fingerprint density at radius 1 is 1.21 bits per heavy atom. The molecule has 0 radical (unpaired) electrons. The first-order chi connectivity index (χ1) is 13.8. The van der Waals surface area contributed by atoms with Crippen LogP contribution in [0.3, 0.4) is 0 Å². The SMILES string of the molecule is CCNC(=NCC1CCOc2ccccc21)N1CCN(Cc2ccon2)CC1. The number of nitrogens with zero attached hydrogens (tertiary/aromatic N) is 4. The van der Waals surface area contributed by atoms with Crippen LogP contribution in [0.15, 0.2) is 46.1 Å². The van der Waals surface area contributed by atoms with E-state index in [0.29, 0.717) is 5.92 Å². The number of ether oxygens (including phenoxy) is 1. The van der Waals surface area contributed by atoms with E-state index in [1.807, 2.05) is 12.1 Å². The van der Waals surface area contributed by atoms with Crippen molar-refractivity contribution in [1.82, 2.24) is 20.3 Å². The number of benzene rings is 1. The summed E-state index contributed by atoms with van der Waals surface area (Å²) < 4.78 is 10.7. The van der Waals surface area contributed by atoms with Crippen LogP contribution in [0.2, 0.25) is 0 Å². The average Bonchev–Trinajstić information content (AvgIpc) is 3.25. The van der Waals surface area contributed by atoms with Crippen LogP contribution in [0.4, 0.5) is 0 Å². The molecule has 0 spiro atoms. The summed E-state index contributed by atoms with van der Waals surface area (Å²) in [7, 11) is 0. The molecule has 28 heavy (non-hydrogen) atoms. The number of hydrogen-bond donors (Lipinski definition) is 1. The van der Waals surface area contributed by atoms with Crippen LogP contribution in [-0.2, 0) is 6.54 Å². The Hall–Kier alpha value is -2.54. The van der Waals surface area contributed by atoms with Crippen molar-refractivity contribution in [3.05, 3.63) is 47.9 Å². The molecule has 2 aliphatic heterocycles. The minimum Gasteiger partial charge on any atom is -0.493 e. The molecule has 2 aliphatic rings. The lowest BCUT2D eigenvalue weighted by Gasteiger charge is -2.36. The monoisotopic (exact) mass is 383 g/mol. The van der Waals surface area contributed by atoms with Crippen molar-refractivity contribution in [3.63, 3.8) is 0 Å². The number of nitrogens with one attached hydrogen (secondary N) is 1. The lowest BCUT2D eigenvalue weighted by molar-refractivity contribution is 0.169. The fourth-order valence-corrected chi connectivity index (χ4v) is 3.89. The molecule has 1 fully saturated rings. The highest BCUT2D eigenvalue weighted by Gasteiger charge is 2.23. The molecule has 3 heterocycles. The van der Waals surface area contributed by atoms with Gasteiger partial charge >= 0.3 is 0 Å². The highest BCUT2D eigenvalue weighted by Crippen LogP contribution is 2.33. The maximum atomic E-state index is 5.79. The minimum atomic E-state index is 0.423. The molecule has 1 atom stereocenters. The Morgan fingerprint density at radius 3 is 2.86 bits per heavy atom. The van der Waals surface area contributed by atoms with Crippen molar-refractivity contribution in [3.8, 4) is 5.75 Å². The number of rotatable bonds is 5. The third-order valence-electron chi connectivity index (χ3n) is 5.43. The van der Waals surface area contributed by atoms with Crippen molar-refractivity contribution in [1.29, 1.82) is 0 Å². The van der Waals surface area contributed by atoms with Gasteiger partial charge in [-0.25, -0.2) is 0 Å². The molecule has 1 N–H and O–H groups in total. The minimum absolute atomic E-state index is 0.423. The van der Waals surface area contributed by atoms with Crippen LogP contribution >= 0.6 is 0 Å². The Kier molecular flexibility index (Phi) is 6.11. The number of aliphatic imine (C=N–C) groups is 1. The van der Waals surface area contributed by atoms with Gasteiger partial charge in [0.1, 0.15) is 12.0 Å². The molecule has 4 rings (SSSR count). The summed E-state index contributed by atoms with van der Waals surface area (Å²) >= 11 is 0. The van der Waals surface area contributed by atoms with E-state index in [9.17, 15) is 0 Å². The second-order valence-electron chi connectivity index (χ2n) is 7.32. The van der Waals surface area contributed by atoms with E-state index >= 15 is 0 Å². The van der Waals surface area contributed by atoms with Gasteiger partial charge in [-0.3, -0.25) is 9.89 Å². The van der Waals surface area contributed by atoms with Gasteiger partial charge < -0.3 is 19.5 Å². The van der Waals surface area contributed by atoms with Crippen LogP contribution in [0.1, 0.15) is 30.5 Å². The summed E-state index contributed by atoms with van der Waals surface area (Å²) in [6.45, 7) is 9.34. The predicted octanol–water partition coefficient (Wildman–Crippen LogP) is 2.32. The smallest absolute Gasteiger partial charge is 0.194 e. The first-order valence-electron chi connectivity index (χ1n) is 10.2. The van der Waals surface area contributed by atoms with E-state index < -0.39 is 0 Å². The van der Waals surface area contributed by atoms with Gasteiger partial charge in [-0.15, -0.1) is 0 Å². The Bertz CT molecular complexity index is 769. The van der Waals surface area contributed by atoms with Crippen molar-refractivity contribution in [2.24, 2.45) is 4.99 Å². The Labute approximate surface area is 166 Å². The van der Waals surface area contributed by atoms with Crippen LogP contribution < -0.4 is 10.1 Å². The predicted molar refractivity (Wildman–Crippen MR) is 109 cm³/mol. The molecule has 0 aliphatic carbocycles. The molecule has 7 nitrogen and oxygen atoms in total. The number of fused-ring (bicyclic) bond motifs is 1. The summed E-state index contributed by atoms with van der Waals surface area (Å²) in [6.07, 6.45) is 2.65. The largest absolute Gasteiger partial charge is 0.493 e. The van der Waals surface area contributed by atoms with Gasteiger partial charge in [0.25, 0.3) is 0 Å². The zero-order valence-electron chi connectivity index (χ0n) is 16.5. The van der Waals surface area contributed by atoms with E-state index in [4.69, 9.17) is 14.3 Å². The van der Waals surface area contributed by atoms with E-state index in [1.165, 1.54) is 5.56 Å². The quantitative estimate of drug-likeness (QED) is 0.631. The topological polar surface area (TPSA) is 66.1 Å². The maximum Gasteiger partial charge on any atom is 0.194 e. The number of aromatic nitrogens is 1. The molecule has 0 bridgehead atoms. The molecule has 2 aromatic rings. The van der Waals surface area contributed by atoms with Gasteiger partial charge in [-0.1, -0.05) is 23.4 Å². The van der Waals surface area contributed by atoms with Gasteiger partial charge in [-0.05, 0) is 25.0 Å². The van der Waals surface area contributed by atoms with Crippen LogP contribution in [0, 0.1) is 0 Å². The number of hydrogen-bond acceptors (Lipinski definition) is 5. The first kappa shape index (κ1) is 18.8. The maximum absolute atomic E-state index is 5.79. The zero-order valence-corrected chi connectivity index (χ0v) is 16.5. The number of piperazine rings is 1. The Balaban J connectivity index is 1.36. The Morgan fingerprint density at radius 2 is 2.07 bits per heavy atom. The van der Waals surface area contributed by atoms with Gasteiger partial charge in [0, 0.05) is 57.8 Å². The van der Waals surface area contributed by atoms with Crippen LogP contribution in [0.5, 0.6) is 5.75 Å². The summed E-state index contributed by atoms with van der Waals surface area (Å²) in [4.78, 5) is 9.77. The molecule has 150 valence electrons. The van der Waals surface area contributed by atoms with Gasteiger partial charge in [0.15, 0.2) is 5.96 Å². The van der Waals surface area contributed by atoms with Crippen molar-refractivity contribution in [2.75, 3.05) is 45.9 Å². The summed E-state index contributed by atoms with van der Waals surface area (Å²) in [5.41, 5.74) is 2.28. The lowest BCUT2D eigenvalue weighted by Crippen LogP contribution is -2.52. The molecule has 0 amide bonds. The third-order valence-corrected chi connectivity index (χ3v) is 5.43. The van der Waals surface area contributed by atoms with E-state index in [0.717, 1.165) is 76.2 Å². The van der Waals surface area contributed by atoms with E-state index in [2.05, 4.69) is 45.4 Å². The highest BCUT2D eigenvalue weighted by atomic mass is 16.5. The van der Waals surface area contributed by atoms with E-state index in [1.54, 1.807) is 6.26 Å². The van der Waals surface area contributed by atoms with Crippen molar-refractivity contribution >= 4 is 5.96 Å². The molecule has 1 aromatic carbocycles. The summed E-state index contributed by atoms with van der Waals surface area (Å²) in [5.74, 6) is 2.46. The van der Waals surface area contributed by atoms with Crippen molar-refractivity contribution < 1.29 is 9.26 Å². The molecule has 1 aromatic heterocycles.